The Morgan fingerprint density at radius 2 is 1.76 bits per heavy atom. The number of carbonyl (C=O) groups is 2. The Morgan fingerprint density at radius 1 is 1.07 bits per heavy atom. The van der Waals surface area contributed by atoms with Crippen LogP contribution < -0.4 is 9.47 Å². The summed E-state index contributed by atoms with van der Waals surface area (Å²) in [5, 5.41) is 0. The van der Waals surface area contributed by atoms with Crippen molar-refractivity contribution < 1.29 is 28.5 Å². The molecule has 6 heteroatoms. The molecular formula is C23H34O6. The van der Waals surface area contributed by atoms with E-state index in [0.717, 1.165) is 19.3 Å². The first kappa shape index (κ1) is 23.0. The van der Waals surface area contributed by atoms with E-state index in [1.54, 1.807) is 18.2 Å². The van der Waals surface area contributed by atoms with Crippen molar-refractivity contribution in [2.75, 3.05) is 19.8 Å². The molecule has 0 heterocycles. The predicted molar refractivity (Wildman–Crippen MR) is 110 cm³/mol. The van der Waals surface area contributed by atoms with Crippen molar-refractivity contribution in [1.29, 1.82) is 0 Å². The van der Waals surface area contributed by atoms with Crippen LogP contribution >= 0.6 is 0 Å². The molecule has 0 bridgehead atoms. The molecule has 1 aromatic rings. The zero-order valence-corrected chi connectivity index (χ0v) is 18.2. The molecule has 0 aromatic heterocycles. The molecule has 6 nitrogen and oxygen atoms in total. The third-order valence-electron chi connectivity index (χ3n) is 5.34. The van der Waals surface area contributed by atoms with Gasteiger partial charge >= 0.3 is 11.9 Å². The second kappa shape index (κ2) is 11.1. The summed E-state index contributed by atoms with van der Waals surface area (Å²) < 4.78 is 21.9. The van der Waals surface area contributed by atoms with Crippen LogP contribution in [0.2, 0.25) is 0 Å². The Kier molecular flexibility index (Phi) is 8.80. The van der Waals surface area contributed by atoms with Gasteiger partial charge in [0.15, 0.2) is 18.1 Å². The van der Waals surface area contributed by atoms with E-state index < -0.39 is 18.5 Å². The number of hydrogen-bond donors (Lipinski definition) is 0. The zero-order valence-electron chi connectivity index (χ0n) is 18.2. The first-order valence-corrected chi connectivity index (χ1v) is 10.6. The molecule has 0 unspecified atom stereocenters. The molecule has 1 saturated carbocycles. The number of esters is 2. The summed E-state index contributed by atoms with van der Waals surface area (Å²) in [5.74, 6) is 1.28. The zero-order chi connectivity index (χ0) is 21.4. The van der Waals surface area contributed by atoms with Crippen molar-refractivity contribution in [3.05, 3.63) is 23.8 Å². The molecule has 1 fully saturated rings. The highest BCUT2D eigenvalue weighted by Crippen LogP contribution is 2.35. The monoisotopic (exact) mass is 406 g/mol. The van der Waals surface area contributed by atoms with Crippen LogP contribution in [-0.4, -0.2) is 37.9 Å². The smallest absolute Gasteiger partial charge is 0.344 e. The third kappa shape index (κ3) is 6.65. The molecule has 1 aromatic carbocycles. The maximum absolute atomic E-state index is 12.4. The van der Waals surface area contributed by atoms with Crippen molar-refractivity contribution >= 4 is 11.9 Å². The lowest BCUT2D eigenvalue weighted by Crippen LogP contribution is -2.36. The number of rotatable bonds is 9. The third-order valence-corrected chi connectivity index (χ3v) is 5.34. The standard InChI is InChI=1S/C23H34O6/c1-6-26-19-11-9-17(13-21(19)27-7-2)23(25)28-14-22(24)29-20-12-16(5)8-10-18(20)15(3)4/h9,11,13,15-16,18,20H,6-8,10,12,14H2,1-5H3/t16-,18-,20+/m0/s1. The minimum Gasteiger partial charge on any atom is -0.490 e. The van der Waals surface area contributed by atoms with Crippen LogP contribution in [0.25, 0.3) is 0 Å². The maximum atomic E-state index is 12.4. The van der Waals surface area contributed by atoms with Gasteiger partial charge < -0.3 is 18.9 Å². The number of ether oxygens (including phenoxy) is 4. The van der Waals surface area contributed by atoms with E-state index in [-0.39, 0.29) is 6.10 Å². The van der Waals surface area contributed by atoms with Crippen LogP contribution in [0.1, 0.15) is 64.2 Å². The Bertz CT molecular complexity index is 684. The molecule has 162 valence electrons. The van der Waals surface area contributed by atoms with E-state index in [9.17, 15) is 9.59 Å². The SMILES string of the molecule is CCOc1ccc(C(=O)OCC(=O)O[C@@H]2C[C@@H](C)CC[C@H]2C(C)C)cc1OCC. The molecule has 0 N–H and O–H groups in total. The van der Waals surface area contributed by atoms with Gasteiger partial charge in [-0.05, 0) is 62.6 Å². The fourth-order valence-corrected chi connectivity index (χ4v) is 3.84. The second-order valence-electron chi connectivity index (χ2n) is 7.96. The topological polar surface area (TPSA) is 71.1 Å². The summed E-state index contributed by atoms with van der Waals surface area (Å²) in [7, 11) is 0. The Morgan fingerprint density at radius 3 is 2.41 bits per heavy atom. The largest absolute Gasteiger partial charge is 0.490 e. The summed E-state index contributed by atoms with van der Waals surface area (Å²) in [6.07, 6.45) is 2.97. The van der Waals surface area contributed by atoms with Gasteiger partial charge in [-0.3, -0.25) is 0 Å². The molecule has 3 atom stereocenters. The maximum Gasteiger partial charge on any atom is 0.344 e. The molecule has 29 heavy (non-hydrogen) atoms. The van der Waals surface area contributed by atoms with Crippen LogP contribution in [0, 0.1) is 17.8 Å². The van der Waals surface area contributed by atoms with Crippen molar-refractivity contribution in [1.82, 2.24) is 0 Å². The fourth-order valence-electron chi connectivity index (χ4n) is 3.84. The molecule has 2 rings (SSSR count). The minimum atomic E-state index is -0.594. The average Bonchev–Trinajstić information content (AvgIpc) is 2.67. The van der Waals surface area contributed by atoms with Crippen LogP contribution in [0.4, 0.5) is 0 Å². The molecule has 0 radical (unpaired) electrons. The summed E-state index contributed by atoms with van der Waals surface area (Å²) in [6.45, 7) is 10.8. The molecule has 0 saturated heterocycles. The van der Waals surface area contributed by atoms with Crippen molar-refractivity contribution in [3.63, 3.8) is 0 Å². The Balaban J connectivity index is 1.94. The summed E-state index contributed by atoms with van der Waals surface area (Å²) in [4.78, 5) is 24.7. The predicted octanol–water partition coefficient (Wildman–Crippen LogP) is 4.64. The van der Waals surface area contributed by atoms with Crippen LogP contribution in [-0.2, 0) is 14.3 Å². The normalized spacial score (nSPS) is 21.5. The van der Waals surface area contributed by atoms with Crippen LogP contribution in [0.3, 0.4) is 0 Å². The minimum absolute atomic E-state index is 0.111. The molecule has 1 aliphatic rings. The van der Waals surface area contributed by atoms with Crippen LogP contribution in [0.15, 0.2) is 18.2 Å². The quantitative estimate of drug-likeness (QED) is 0.556. The van der Waals surface area contributed by atoms with Gasteiger partial charge in [0.05, 0.1) is 18.8 Å². The van der Waals surface area contributed by atoms with Gasteiger partial charge in [-0.2, -0.15) is 0 Å². The van der Waals surface area contributed by atoms with Gasteiger partial charge in [0, 0.05) is 0 Å². The van der Waals surface area contributed by atoms with Crippen molar-refractivity contribution in [2.24, 2.45) is 17.8 Å². The van der Waals surface area contributed by atoms with E-state index in [2.05, 4.69) is 20.8 Å². The van der Waals surface area contributed by atoms with Crippen molar-refractivity contribution in [3.8, 4) is 11.5 Å². The highest BCUT2D eigenvalue weighted by Gasteiger charge is 2.33. The van der Waals surface area contributed by atoms with Gasteiger partial charge in [-0.1, -0.05) is 27.2 Å². The van der Waals surface area contributed by atoms with Crippen LogP contribution in [0.5, 0.6) is 11.5 Å². The Labute approximate surface area is 173 Å². The van der Waals surface area contributed by atoms with Gasteiger partial charge in [-0.25, -0.2) is 9.59 Å². The summed E-state index contributed by atoms with van der Waals surface area (Å²) in [5.41, 5.74) is 0.302. The summed E-state index contributed by atoms with van der Waals surface area (Å²) in [6, 6.07) is 4.83. The Hall–Kier alpha value is -2.24. The van der Waals surface area contributed by atoms with Gasteiger partial charge in [0.2, 0.25) is 0 Å². The molecule has 0 aliphatic heterocycles. The molecular weight excluding hydrogens is 372 g/mol. The molecule has 1 aliphatic carbocycles. The van der Waals surface area contributed by atoms with E-state index in [4.69, 9.17) is 18.9 Å². The fraction of sp³-hybridized carbons (Fsp3) is 0.652. The van der Waals surface area contributed by atoms with Gasteiger partial charge in [0.25, 0.3) is 0 Å². The lowest BCUT2D eigenvalue weighted by Gasteiger charge is -2.36. The number of hydrogen-bond acceptors (Lipinski definition) is 6. The lowest BCUT2D eigenvalue weighted by molar-refractivity contribution is -0.159. The van der Waals surface area contributed by atoms with E-state index >= 15 is 0 Å². The molecule has 0 amide bonds. The highest BCUT2D eigenvalue weighted by molar-refractivity contribution is 5.91. The molecule has 0 spiro atoms. The first-order chi connectivity index (χ1) is 13.8. The van der Waals surface area contributed by atoms with E-state index in [1.165, 1.54) is 0 Å². The van der Waals surface area contributed by atoms with Gasteiger partial charge in [-0.15, -0.1) is 0 Å². The van der Waals surface area contributed by atoms with Gasteiger partial charge in [0.1, 0.15) is 6.10 Å². The number of benzene rings is 1. The first-order valence-electron chi connectivity index (χ1n) is 10.6. The van der Waals surface area contributed by atoms with Crippen molar-refractivity contribution in [2.45, 2.75) is 60.0 Å². The van der Waals surface area contributed by atoms with E-state index in [0.29, 0.717) is 48.0 Å². The number of carbonyl (C=O) groups excluding carboxylic acids is 2. The average molecular weight is 407 g/mol. The highest BCUT2D eigenvalue weighted by atomic mass is 16.6. The lowest BCUT2D eigenvalue weighted by atomic mass is 9.75. The second-order valence-corrected chi connectivity index (χ2v) is 7.96. The summed E-state index contributed by atoms with van der Waals surface area (Å²) >= 11 is 0. The van der Waals surface area contributed by atoms with E-state index in [1.807, 2.05) is 13.8 Å².